The number of carbonyl (C=O) groups excluding carboxylic acids is 1. The van der Waals surface area contributed by atoms with Crippen molar-refractivity contribution < 1.29 is 9.53 Å². The molecule has 2 aromatic carbocycles. The van der Waals surface area contributed by atoms with Gasteiger partial charge in [0.05, 0.1) is 23.8 Å². The summed E-state index contributed by atoms with van der Waals surface area (Å²) in [6.45, 7) is 2.02. The van der Waals surface area contributed by atoms with Crippen LogP contribution in [-0.4, -0.2) is 12.4 Å². The van der Waals surface area contributed by atoms with Crippen molar-refractivity contribution in [1.29, 1.82) is 5.26 Å². The third-order valence-corrected chi connectivity index (χ3v) is 3.20. The van der Waals surface area contributed by atoms with Gasteiger partial charge in [-0.2, -0.15) is 5.26 Å². The van der Waals surface area contributed by atoms with Crippen molar-refractivity contribution >= 4 is 5.78 Å². The van der Waals surface area contributed by atoms with Crippen molar-refractivity contribution in [3.63, 3.8) is 0 Å². The molecule has 2 rings (SSSR count). The third kappa shape index (κ3) is 4.19. The van der Waals surface area contributed by atoms with Crippen molar-refractivity contribution in [3.8, 4) is 11.8 Å². The molecule has 3 nitrogen and oxygen atoms in total. The fraction of sp³-hybridized carbons (Fsp3) is 0.222. The second-order valence-electron chi connectivity index (χ2n) is 4.82. The van der Waals surface area contributed by atoms with Crippen LogP contribution in [0.2, 0.25) is 0 Å². The van der Waals surface area contributed by atoms with Crippen LogP contribution in [0.5, 0.6) is 5.75 Å². The Morgan fingerprint density at radius 2 is 1.95 bits per heavy atom. The zero-order valence-corrected chi connectivity index (χ0v) is 12.0. The summed E-state index contributed by atoms with van der Waals surface area (Å²) >= 11 is 0. The fourth-order valence-corrected chi connectivity index (χ4v) is 2.11. The number of ether oxygens (including phenoxy) is 1. The van der Waals surface area contributed by atoms with E-state index in [9.17, 15) is 4.79 Å². The molecule has 0 unspecified atom stereocenters. The molecule has 0 bridgehead atoms. The fourth-order valence-electron chi connectivity index (χ4n) is 2.11. The number of benzene rings is 2. The van der Waals surface area contributed by atoms with E-state index in [4.69, 9.17) is 10.00 Å². The van der Waals surface area contributed by atoms with Gasteiger partial charge in [-0.25, -0.2) is 0 Å². The molecule has 0 fully saturated rings. The van der Waals surface area contributed by atoms with E-state index in [1.165, 1.54) is 12.5 Å². The quantitative estimate of drug-likeness (QED) is 0.597. The third-order valence-electron chi connectivity index (χ3n) is 3.20. The summed E-state index contributed by atoms with van der Waals surface area (Å²) in [5, 5.41) is 8.92. The molecule has 0 saturated carbocycles. The van der Waals surface area contributed by atoms with Crippen molar-refractivity contribution in [3.05, 3.63) is 65.2 Å². The summed E-state index contributed by atoms with van der Waals surface area (Å²) in [6.07, 6.45) is 1.78. The summed E-state index contributed by atoms with van der Waals surface area (Å²) in [4.78, 5) is 11.6. The first-order valence-electron chi connectivity index (χ1n) is 6.92. The Morgan fingerprint density at radius 3 is 2.62 bits per heavy atom. The van der Waals surface area contributed by atoms with Crippen LogP contribution in [0.3, 0.4) is 0 Å². The summed E-state index contributed by atoms with van der Waals surface area (Å²) in [5.41, 5.74) is 2.28. The van der Waals surface area contributed by atoms with Crippen LogP contribution in [0.25, 0.3) is 0 Å². The highest BCUT2D eigenvalue weighted by Crippen LogP contribution is 2.21. The number of nitriles is 1. The molecular formula is C18H17NO2. The lowest BCUT2D eigenvalue weighted by Crippen LogP contribution is -2.04. The minimum absolute atomic E-state index is 0.0578. The average Bonchev–Trinajstić information content (AvgIpc) is 2.52. The highest BCUT2D eigenvalue weighted by Gasteiger charge is 2.09. The van der Waals surface area contributed by atoms with Crippen LogP contribution in [0.15, 0.2) is 48.5 Å². The van der Waals surface area contributed by atoms with Crippen LogP contribution in [0.1, 0.15) is 34.8 Å². The molecule has 3 heteroatoms. The molecule has 0 aliphatic carbocycles. The Morgan fingerprint density at radius 1 is 1.19 bits per heavy atom. The summed E-state index contributed by atoms with van der Waals surface area (Å²) in [5.74, 6) is 0.437. The van der Waals surface area contributed by atoms with Gasteiger partial charge in [-0.3, -0.25) is 4.79 Å². The van der Waals surface area contributed by atoms with Crippen molar-refractivity contribution in [2.75, 3.05) is 6.61 Å². The average molecular weight is 279 g/mol. The molecule has 0 aromatic heterocycles. The van der Waals surface area contributed by atoms with Crippen molar-refractivity contribution in [1.82, 2.24) is 0 Å². The maximum atomic E-state index is 11.6. The van der Waals surface area contributed by atoms with Gasteiger partial charge in [-0.1, -0.05) is 30.3 Å². The van der Waals surface area contributed by atoms with E-state index in [1.54, 1.807) is 18.2 Å². The van der Waals surface area contributed by atoms with Gasteiger partial charge in [0.2, 0.25) is 0 Å². The highest BCUT2D eigenvalue weighted by molar-refractivity contribution is 5.97. The Hall–Kier alpha value is -2.60. The van der Waals surface area contributed by atoms with E-state index in [-0.39, 0.29) is 5.78 Å². The van der Waals surface area contributed by atoms with E-state index in [0.717, 1.165) is 12.8 Å². The molecule has 0 atom stereocenters. The Bertz CT molecular complexity index is 657. The van der Waals surface area contributed by atoms with Crippen LogP contribution < -0.4 is 4.74 Å². The molecular weight excluding hydrogens is 262 g/mol. The van der Waals surface area contributed by atoms with E-state index >= 15 is 0 Å². The smallest absolute Gasteiger partial charge is 0.163 e. The van der Waals surface area contributed by atoms with Crippen molar-refractivity contribution in [2.45, 2.75) is 19.8 Å². The second-order valence-corrected chi connectivity index (χ2v) is 4.82. The first-order chi connectivity index (χ1) is 10.2. The van der Waals surface area contributed by atoms with Crippen LogP contribution >= 0.6 is 0 Å². The molecule has 0 radical (unpaired) electrons. The summed E-state index contributed by atoms with van der Waals surface area (Å²) in [6, 6.07) is 17.1. The first-order valence-corrected chi connectivity index (χ1v) is 6.92. The zero-order valence-electron chi connectivity index (χ0n) is 12.0. The van der Waals surface area contributed by atoms with Gasteiger partial charge in [0, 0.05) is 0 Å². The number of rotatable bonds is 6. The molecule has 0 amide bonds. The number of hydrogen-bond donors (Lipinski definition) is 0. The van der Waals surface area contributed by atoms with Gasteiger partial charge in [-0.05, 0) is 43.5 Å². The standard InChI is InChI=1S/C18H17NO2/c1-14(20)17-10-9-16(13-19)12-18(17)21-11-5-8-15-6-3-2-4-7-15/h2-4,6-7,9-10,12H,5,8,11H2,1H3. The molecule has 0 saturated heterocycles. The number of nitrogens with zero attached hydrogens (tertiary/aromatic N) is 1. The monoisotopic (exact) mass is 279 g/mol. The van der Waals surface area contributed by atoms with Gasteiger partial charge in [0.1, 0.15) is 5.75 Å². The molecule has 0 heterocycles. The largest absolute Gasteiger partial charge is 0.493 e. The zero-order chi connectivity index (χ0) is 15.1. The summed E-state index contributed by atoms with van der Waals surface area (Å²) < 4.78 is 5.69. The molecule has 106 valence electrons. The molecule has 0 N–H and O–H groups in total. The lowest BCUT2D eigenvalue weighted by atomic mass is 10.1. The SMILES string of the molecule is CC(=O)c1ccc(C#N)cc1OCCCc1ccccc1. The molecule has 21 heavy (non-hydrogen) atoms. The van der Waals surface area contributed by atoms with E-state index < -0.39 is 0 Å². The normalized spacial score (nSPS) is 9.90. The van der Waals surface area contributed by atoms with Crippen LogP contribution in [0.4, 0.5) is 0 Å². The number of hydrogen-bond acceptors (Lipinski definition) is 3. The molecule has 0 aliphatic heterocycles. The van der Waals surface area contributed by atoms with Crippen LogP contribution in [-0.2, 0) is 6.42 Å². The van der Waals surface area contributed by atoms with Gasteiger partial charge in [-0.15, -0.1) is 0 Å². The number of aryl methyl sites for hydroxylation is 1. The topological polar surface area (TPSA) is 50.1 Å². The van der Waals surface area contributed by atoms with Crippen LogP contribution in [0, 0.1) is 11.3 Å². The molecule has 2 aromatic rings. The maximum absolute atomic E-state index is 11.6. The maximum Gasteiger partial charge on any atom is 0.163 e. The Balaban J connectivity index is 1.96. The highest BCUT2D eigenvalue weighted by atomic mass is 16.5. The lowest BCUT2D eigenvalue weighted by Gasteiger charge is -2.10. The molecule has 0 aliphatic rings. The van der Waals surface area contributed by atoms with E-state index in [0.29, 0.717) is 23.5 Å². The van der Waals surface area contributed by atoms with Gasteiger partial charge in [0.15, 0.2) is 5.78 Å². The number of carbonyl (C=O) groups is 1. The first kappa shape index (κ1) is 14.8. The van der Waals surface area contributed by atoms with E-state index in [1.807, 2.05) is 18.2 Å². The van der Waals surface area contributed by atoms with Gasteiger partial charge >= 0.3 is 0 Å². The minimum Gasteiger partial charge on any atom is -0.493 e. The number of Topliss-reactive ketones (excluding diaryl/α,β-unsaturated/α-hetero) is 1. The Labute approximate surface area is 124 Å². The van der Waals surface area contributed by atoms with E-state index in [2.05, 4.69) is 18.2 Å². The predicted octanol–water partition coefficient (Wildman–Crippen LogP) is 3.77. The Kier molecular flexibility index (Phi) is 5.11. The van der Waals surface area contributed by atoms with Gasteiger partial charge < -0.3 is 4.74 Å². The second kappa shape index (κ2) is 7.25. The van der Waals surface area contributed by atoms with Crippen molar-refractivity contribution in [2.24, 2.45) is 0 Å². The lowest BCUT2D eigenvalue weighted by molar-refractivity contribution is 0.101. The van der Waals surface area contributed by atoms with Gasteiger partial charge in [0.25, 0.3) is 0 Å². The predicted molar refractivity (Wildman–Crippen MR) is 81.4 cm³/mol. The molecule has 0 spiro atoms. The number of ketones is 1. The summed E-state index contributed by atoms with van der Waals surface area (Å²) in [7, 11) is 0. The minimum atomic E-state index is -0.0578.